The normalized spacial score (nSPS) is 15.3. The summed E-state index contributed by atoms with van der Waals surface area (Å²) in [5.74, 6) is 0.782. The van der Waals surface area contributed by atoms with Crippen LogP contribution in [0.15, 0.2) is 70.4 Å². The molecule has 0 atom stereocenters. The fraction of sp³-hybridized carbons (Fsp3) is 0.304. The first-order valence-electron chi connectivity index (χ1n) is 10.7. The van der Waals surface area contributed by atoms with Gasteiger partial charge in [0.1, 0.15) is 17.4 Å². The van der Waals surface area contributed by atoms with E-state index in [1.165, 1.54) is 39.3 Å². The number of ether oxygens (including phenoxy) is 1. The summed E-state index contributed by atoms with van der Waals surface area (Å²) in [7, 11) is -3.64. The Hall–Kier alpha value is -3.24. The lowest BCUT2D eigenvalue weighted by Crippen LogP contribution is -2.36. The molecule has 33 heavy (non-hydrogen) atoms. The van der Waals surface area contributed by atoms with Gasteiger partial charge in [-0.3, -0.25) is 4.79 Å². The third kappa shape index (κ3) is 5.07. The number of sulfonamides is 1. The minimum Gasteiger partial charge on any atom is -0.494 e. The van der Waals surface area contributed by atoms with Gasteiger partial charge in [-0.15, -0.1) is 5.10 Å². The summed E-state index contributed by atoms with van der Waals surface area (Å²) in [6.45, 7) is 4.05. The first kappa shape index (κ1) is 22.9. The Bertz CT molecular complexity index is 1260. The van der Waals surface area contributed by atoms with E-state index in [4.69, 9.17) is 4.74 Å². The topological polar surface area (TPSA) is 84.7 Å². The fourth-order valence-corrected chi connectivity index (χ4v) is 5.19. The van der Waals surface area contributed by atoms with Gasteiger partial charge < -0.3 is 9.64 Å². The molecular formula is C23H25FN4O4S. The summed E-state index contributed by atoms with van der Waals surface area (Å²) < 4.78 is 47.6. The number of halogens is 1. The van der Waals surface area contributed by atoms with Gasteiger partial charge in [0.05, 0.1) is 17.2 Å². The van der Waals surface area contributed by atoms with Crippen LogP contribution in [0.3, 0.4) is 0 Å². The van der Waals surface area contributed by atoms with E-state index in [1.807, 2.05) is 11.8 Å². The Balaban J connectivity index is 1.52. The van der Waals surface area contributed by atoms with E-state index in [-0.39, 0.29) is 17.0 Å². The quantitative estimate of drug-likeness (QED) is 0.549. The van der Waals surface area contributed by atoms with Crippen molar-refractivity contribution in [3.05, 3.63) is 76.8 Å². The molecule has 174 valence electrons. The van der Waals surface area contributed by atoms with Crippen LogP contribution in [-0.2, 0) is 10.0 Å². The lowest BCUT2D eigenvalue weighted by Gasteiger charge is -2.23. The third-order valence-corrected chi connectivity index (χ3v) is 7.32. The molecule has 0 amide bonds. The third-order valence-electron chi connectivity index (χ3n) is 5.41. The van der Waals surface area contributed by atoms with Crippen molar-refractivity contribution in [2.24, 2.45) is 0 Å². The van der Waals surface area contributed by atoms with E-state index in [9.17, 15) is 17.6 Å². The molecule has 0 spiro atoms. The number of benzene rings is 2. The SMILES string of the molecule is CCOc1ccc(S(=O)(=O)N2CCCN(c3ccc(=O)n(-c4ccc(F)cc4)n3)CC2)cc1. The summed E-state index contributed by atoms with van der Waals surface area (Å²) >= 11 is 0. The molecule has 0 saturated carbocycles. The van der Waals surface area contributed by atoms with E-state index in [0.29, 0.717) is 49.9 Å². The highest BCUT2D eigenvalue weighted by Gasteiger charge is 2.27. The fourth-order valence-electron chi connectivity index (χ4n) is 3.72. The molecular weight excluding hydrogens is 447 g/mol. The first-order valence-corrected chi connectivity index (χ1v) is 12.2. The second-order valence-electron chi connectivity index (χ2n) is 7.57. The molecule has 1 fully saturated rings. The molecule has 0 aliphatic carbocycles. The number of rotatable bonds is 6. The maximum Gasteiger partial charge on any atom is 0.271 e. The van der Waals surface area contributed by atoms with Crippen molar-refractivity contribution >= 4 is 15.8 Å². The van der Waals surface area contributed by atoms with E-state index in [1.54, 1.807) is 30.3 Å². The van der Waals surface area contributed by atoms with Crippen molar-refractivity contribution < 1.29 is 17.5 Å². The predicted octanol–water partition coefficient (Wildman–Crippen LogP) is 2.67. The molecule has 0 radical (unpaired) electrons. The molecule has 3 aromatic rings. The van der Waals surface area contributed by atoms with Crippen molar-refractivity contribution in [3.8, 4) is 11.4 Å². The highest BCUT2D eigenvalue weighted by atomic mass is 32.2. The molecule has 0 bridgehead atoms. The first-order chi connectivity index (χ1) is 15.9. The van der Waals surface area contributed by atoms with Crippen LogP contribution in [0.1, 0.15) is 13.3 Å². The highest BCUT2D eigenvalue weighted by molar-refractivity contribution is 7.89. The minimum atomic E-state index is -3.64. The van der Waals surface area contributed by atoms with Crippen LogP contribution in [0, 0.1) is 5.82 Å². The van der Waals surface area contributed by atoms with Crippen molar-refractivity contribution in [2.45, 2.75) is 18.2 Å². The maximum absolute atomic E-state index is 13.3. The van der Waals surface area contributed by atoms with Crippen molar-refractivity contribution in [2.75, 3.05) is 37.7 Å². The minimum absolute atomic E-state index is 0.224. The number of aromatic nitrogens is 2. The van der Waals surface area contributed by atoms with Gasteiger partial charge in [0.2, 0.25) is 10.0 Å². The van der Waals surface area contributed by atoms with Gasteiger partial charge in [-0.05, 0) is 67.9 Å². The van der Waals surface area contributed by atoms with E-state index >= 15 is 0 Å². The lowest BCUT2D eigenvalue weighted by atomic mass is 10.3. The molecule has 0 N–H and O–H groups in total. The molecule has 2 aromatic carbocycles. The molecule has 8 nitrogen and oxygen atoms in total. The van der Waals surface area contributed by atoms with Gasteiger partial charge >= 0.3 is 0 Å². The van der Waals surface area contributed by atoms with Gasteiger partial charge in [-0.25, -0.2) is 12.8 Å². The van der Waals surface area contributed by atoms with Crippen LogP contribution in [-0.4, -0.2) is 55.3 Å². The molecule has 10 heteroatoms. The largest absolute Gasteiger partial charge is 0.494 e. The van der Waals surface area contributed by atoms with Crippen molar-refractivity contribution in [3.63, 3.8) is 0 Å². The maximum atomic E-state index is 13.3. The Labute approximate surface area is 191 Å². The zero-order chi connectivity index (χ0) is 23.4. The second-order valence-corrected chi connectivity index (χ2v) is 9.51. The van der Waals surface area contributed by atoms with Gasteiger partial charge in [0.15, 0.2) is 0 Å². The van der Waals surface area contributed by atoms with Crippen LogP contribution in [0.2, 0.25) is 0 Å². The number of anilines is 1. The molecule has 2 heterocycles. The smallest absolute Gasteiger partial charge is 0.271 e. The van der Waals surface area contributed by atoms with Crippen LogP contribution in [0.4, 0.5) is 10.2 Å². The average Bonchev–Trinajstić information content (AvgIpc) is 3.08. The Morgan fingerprint density at radius 3 is 2.36 bits per heavy atom. The molecule has 1 aliphatic rings. The second kappa shape index (κ2) is 9.72. The van der Waals surface area contributed by atoms with Crippen molar-refractivity contribution in [1.29, 1.82) is 0 Å². The number of hydrogen-bond donors (Lipinski definition) is 0. The van der Waals surface area contributed by atoms with Gasteiger partial charge in [0.25, 0.3) is 5.56 Å². The zero-order valence-corrected chi connectivity index (χ0v) is 19.0. The summed E-state index contributed by atoms with van der Waals surface area (Å²) in [5, 5.41) is 4.44. The average molecular weight is 473 g/mol. The van der Waals surface area contributed by atoms with Crippen LogP contribution >= 0.6 is 0 Å². The Morgan fingerprint density at radius 2 is 1.67 bits per heavy atom. The number of nitrogens with zero attached hydrogens (tertiary/aromatic N) is 4. The van der Waals surface area contributed by atoms with E-state index < -0.39 is 15.8 Å². The highest BCUT2D eigenvalue weighted by Crippen LogP contribution is 2.22. The zero-order valence-electron chi connectivity index (χ0n) is 18.2. The van der Waals surface area contributed by atoms with Gasteiger partial charge in [-0.1, -0.05) is 0 Å². The van der Waals surface area contributed by atoms with Gasteiger partial charge in [0, 0.05) is 32.2 Å². The van der Waals surface area contributed by atoms with Crippen LogP contribution in [0.5, 0.6) is 5.75 Å². The molecule has 0 unspecified atom stereocenters. The lowest BCUT2D eigenvalue weighted by molar-refractivity contribution is 0.340. The molecule has 1 saturated heterocycles. The standard InChI is InChI=1S/C23H25FN4O4S/c1-2-32-20-8-10-21(11-9-20)33(30,31)27-15-3-14-26(16-17-27)22-12-13-23(29)28(25-22)19-6-4-18(24)5-7-19/h4-13H,2-3,14-17H2,1H3. The van der Waals surface area contributed by atoms with Gasteiger partial charge in [-0.2, -0.15) is 8.99 Å². The summed E-state index contributed by atoms with van der Waals surface area (Å²) in [4.78, 5) is 14.5. The number of hydrogen-bond acceptors (Lipinski definition) is 6. The van der Waals surface area contributed by atoms with Crippen LogP contribution < -0.4 is 15.2 Å². The summed E-state index contributed by atoms with van der Waals surface area (Å²) in [6.07, 6.45) is 0.605. The monoisotopic (exact) mass is 472 g/mol. The summed E-state index contributed by atoms with van der Waals surface area (Å²) in [6, 6.07) is 15.0. The van der Waals surface area contributed by atoms with E-state index in [0.717, 1.165) is 0 Å². The Morgan fingerprint density at radius 1 is 0.939 bits per heavy atom. The van der Waals surface area contributed by atoms with Crippen molar-refractivity contribution in [1.82, 2.24) is 14.1 Å². The van der Waals surface area contributed by atoms with Crippen LogP contribution in [0.25, 0.3) is 5.69 Å². The predicted molar refractivity (Wildman–Crippen MR) is 123 cm³/mol. The molecule has 1 aliphatic heterocycles. The molecule has 4 rings (SSSR count). The summed E-state index contributed by atoms with van der Waals surface area (Å²) in [5.41, 5.74) is 0.123. The molecule has 1 aromatic heterocycles. The van der Waals surface area contributed by atoms with E-state index in [2.05, 4.69) is 5.10 Å². The Kier molecular flexibility index (Phi) is 6.75.